The molecule has 24 heavy (non-hydrogen) atoms. The van der Waals surface area contributed by atoms with E-state index in [1.54, 1.807) is 18.3 Å². The van der Waals surface area contributed by atoms with Gasteiger partial charge in [0.15, 0.2) is 0 Å². The molecule has 1 amide bonds. The predicted octanol–water partition coefficient (Wildman–Crippen LogP) is 4.81. The van der Waals surface area contributed by atoms with Crippen molar-refractivity contribution in [1.29, 1.82) is 0 Å². The molecule has 0 saturated carbocycles. The highest BCUT2D eigenvalue weighted by Crippen LogP contribution is 2.41. The molecule has 0 radical (unpaired) electrons. The van der Waals surface area contributed by atoms with Crippen LogP contribution in [0.4, 0.5) is 5.00 Å². The minimum atomic E-state index is -0.499. The first-order chi connectivity index (χ1) is 11.3. The van der Waals surface area contributed by atoms with Crippen molar-refractivity contribution in [1.82, 2.24) is 0 Å². The number of hydrogen-bond donors (Lipinski definition) is 1. The van der Waals surface area contributed by atoms with Gasteiger partial charge in [-0.1, -0.05) is 40.5 Å². The Bertz CT molecular complexity index is 613. The molecule has 134 valence electrons. The van der Waals surface area contributed by atoms with E-state index >= 15 is 0 Å². The summed E-state index contributed by atoms with van der Waals surface area (Å²) in [5, 5.41) is 3.64. The Labute approximate surface area is 149 Å². The molecule has 1 aliphatic rings. The smallest absolute Gasteiger partial charge is 0.341 e. The number of nitrogens with one attached hydrogen (secondary N) is 1. The van der Waals surface area contributed by atoms with Crippen molar-refractivity contribution in [3.05, 3.63) is 16.0 Å². The van der Waals surface area contributed by atoms with Crippen LogP contribution in [0.3, 0.4) is 0 Å². The highest BCUT2D eigenvalue weighted by molar-refractivity contribution is 7.17. The van der Waals surface area contributed by atoms with Crippen LogP contribution in [-0.2, 0) is 22.4 Å². The Morgan fingerprint density at radius 1 is 1.29 bits per heavy atom. The summed E-state index contributed by atoms with van der Waals surface area (Å²) in [6, 6.07) is 0. The molecule has 2 rings (SSSR count). The van der Waals surface area contributed by atoms with Crippen LogP contribution in [0.2, 0.25) is 0 Å². The number of carbonyl (C=O) groups excluding carboxylic acids is 2. The Kier molecular flexibility index (Phi) is 6.07. The van der Waals surface area contributed by atoms with E-state index in [1.807, 2.05) is 20.8 Å². The van der Waals surface area contributed by atoms with Crippen LogP contribution in [0.15, 0.2) is 0 Å². The molecule has 1 aromatic heterocycles. The van der Waals surface area contributed by atoms with Gasteiger partial charge in [0.2, 0.25) is 5.91 Å². The van der Waals surface area contributed by atoms with E-state index in [2.05, 4.69) is 12.2 Å². The molecule has 1 unspecified atom stereocenters. The summed E-state index contributed by atoms with van der Waals surface area (Å²) >= 11 is 1.56. The number of fused-ring (bicyclic) bond motifs is 1. The number of esters is 1. The third-order valence-corrected chi connectivity index (χ3v) is 5.62. The molecule has 0 fully saturated rings. The van der Waals surface area contributed by atoms with E-state index in [0.29, 0.717) is 23.1 Å². The molecule has 0 bridgehead atoms. The molecule has 1 aromatic rings. The van der Waals surface area contributed by atoms with Crippen LogP contribution in [0, 0.1) is 11.3 Å². The van der Waals surface area contributed by atoms with Crippen molar-refractivity contribution in [2.75, 3.05) is 11.9 Å². The fraction of sp³-hybridized carbons (Fsp3) is 0.684. The van der Waals surface area contributed by atoms with Gasteiger partial charge in [-0.3, -0.25) is 4.79 Å². The molecule has 1 N–H and O–H groups in total. The van der Waals surface area contributed by atoms with Crippen LogP contribution in [-0.4, -0.2) is 18.5 Å². The van der Waals surface area contributed by atoms with Crippen molar-refractivity contribution >= 4 is 28.2 Å². The maximum atomic E-state index is 12.5. The summed E-state index contributed by atoms with van der Waals surface area (Å²) in [4.78, 5) is 26.1. The van der Waals surface area contributed by atoms with Gasteiger partial charge in [0, 0.05) is 10.3 Å². The average molecular weight is 352 g/mol. The number of hydrogen-bond acceptors (Lipinski definition) is 4. The third kappa shape index (κ3) is 4.18. The summed E-state index contributed by atoms with van der Waals surface area (Å²) in [6.45, 7) is 9.98. The molecule has 1 atom stereocenters. The standard InChI is InChI=1S/C19H29NO3S/c1-6-8-12-9-10-13-14(11-12)24-16(15(13)17(21)23-7-2)20-18(22)19(3,4)5/h12H,6-11H2,1-5H3,(H,20,22). The monoisotopic (exact) mass is 351 g/mol. The van der Waals surface area contributed by atoms with E-state index in [0.717, 1.165) is 24.8 Å². The van der Waals surface area contributed by atoms with E-state index in [-0.39, 0.29) is 11.9 Å². The van der Waals surface area contributed by atoms with E-state index in [4.69, 9.17) is 4.74 Å². The lowest BCUT2D eigenvalue weighted by Gasteiger charge is -2.22. The first-order valence-corrected chi connectivity index (χ1v) is 9.72. The topological polar surface area (TPSA) is 55.4 Å². The number of rotatable bonds is 5. The summed E-state index contributed by atoms with van der Waals surface area (Å²) < 4.78 is 5.25. The number of carbonyl (C=O) groups is 2. The van der Waals surface area contributed by atoms with Gasteiger partial charge < -0.3 is 10.1 Å². The van der Waals surface area contributed by atoms with Gasteiger partial charge >= 0.3 is 5.97 Å². The Hall–Kier alpha value is -1.36. The summed E-state index contributed by atoms with van der Waals surface area (Å²) in [5.74, 6) is 0.298. The Morgan fingerprint density at radius 3 is 2.58 bits per heavy atom. The van der Waals surface area contributed by atoms with Gasteiger partial charge in [-0.2, -0.15) is 0 Å². The van der Waals surface area contributed by atoms with E-state index in [1.165, 1.54) is 17.7 Å². The highest BCUT2D eigenvalue weighted by Gasteiger charge is 2.31. The molecule has 0 aliphatic heterocycles. The van der Waals surface area contributed by atoms with Gasteiger partial charge in [0.25, 0.3) is 0 Å². The zero-order valence-corrected chi connectivity index (χ0v) is 16.3. The Morgan fingerprint density at radius 2 is 2.00 bits per heavy atom. The quantitative estimate of drug-likeness (QED) is 0.774. The van der Waals surface area contributed by atoms with Crippen molar-refractivity contribution in [3.63, 3.8) is 0 Å². The van der Waals surface area contributed by atoms with Crippen molar-refractivity contribution < 1.29 is 14.3 Å². The molecule has 0 saturated heterocycles. The van der Waals surface area contributed by atoms with Crippen LogP contribution in [0.25, 0.3) is 0 Å². The molecular weight excluding hydrogens is 322 g/mol. The van der Waals surface area contributed by atoms with Crippen LogP contribution in [0.1, 0.15) is 74.7 Å². The number of ether oxygens (including phenoxy) is 1. The van der Waals surface area contributed by atoms with Crippen LogP contribution < -0.4 is 5.32 Å². The molecule has 0 aromatic carbocycles. The molecule has 1 heterocycles. The van der Waals surface area contributed by atoms with E-state index in [9.17, 15) is 9.59 Å². The van der Waals surface area contributed by atoms with Gasteiger partial charge in [0.1, 0.15) is 5.00 Å². The van der Waals surface area contributed by atoms with Gasteiger partial charge in [-0.25, -0.2) is 4.79 Å². The highest BCUT2D eigenvalue weighted by atomic mass is 32.1. The second kappa shape index (κ2) is 7.68. The third-order valence-electron chi connectivity index (χ3n) is 4.45. The molecule has 5 heteroatoms. The normalized spacial score (nSPS) is 17.3. The Balaban J connectivity index is 2.35. The summed E-state index contributed by atoms with van der Waals surface area (Å²) in [7, 11) is 0. The molecule has 0 spiro atoms. The lowest BCUT2D eigenvalue weighted by atomic mass is 9.84. The lowest BCUT2D eigenvalue weighted by molar-refractivity contribution is -0.123. The van der Waals surface area contributed by atoms with Gasteiger partial charge in [-0.15, -0.1) is 11.3 Å². The number of thiophene rings is 1. The minimum absolute atomic E-state index is 0.0725. The average Bonchev–Trinajstić information content (AvgIpc) is 2.84. The summed E-state index contributed by atoms with van der Waals surface area (Å²) in [5.41, 5.74) is 1.18. The van der Waals surface area contributed by atoms with Crippen LogP contribution in [0.5, 0.6) is 0 Å². The molecular formula is C19H29NO3S. The number of amides is 1. The zero-order chi connectivity index (χ0) is 17.9. The second-order valence-electron chi connectivity index (χ2n) is 7.53. The van der Waals surface area contributed by atoms with Crippen molar-refractivity contribution in [2.24, 2.45) is 11.3 Å². The van der Waals surface area contributed by atoms with Gasteiger partial charge in [0.05, 0.1) is 12.2 Å². The first-order valence-electron chi connectivity index (χ1n) is 8.91. The zero-order valence-electron chi connectivity index (χ0n) is 15.5. The SMILES string of the molecule is CCCC1CCc2c(sc(NC(=O)C(C)(C)C)c2C(=O)OCC)C1. The number of anilines is 1. The van der Waals surface area contributed by atoms with Gasteiger partial charge in [-0.05, 0) is 37.7 Å². The first kappa shape index (κ1) is 19.0. The van der Waals surface area contributed by atoms with Crippen molar-refractivity contribution in [3.8, 4) is 0 Å². The maximum absolute atomic E-state index is 12.5. The van der Waals surface area contributed by atoms with Crippen LogP contribution >= 0.6 is 11.3 Å². The van der Waals surface area contributed by atoms with Crippen molar-refractivity contribution in [2.45, 2.75) is 66.7 Å². The molecule has 4 nitrogen and oxygen atoms in total. The largest absolute Gasteiger partial charge is 0.462 e. The maximum Gasteiger partial charge on any atom is 0.341 e. The second-order valence-corrected chi connectivity index (χ2v) is 8.64. The fourth-order valence-corrected chi connectivity index (χ4v) is 4.45. The minimum Gasteiger partial charge on any atom is -0.462 e. The predicted molar refractivity (Wildman–Crippen MR) is 98.8 cm³/mol. The molecule has 1 aliphatic carbocycles. The lowest BCUT2D eigenvalue weighted by Crippen LogP contribution is -2.28. The van der Waals surface area contributed by atoms with E-state index < -0.39 is 5.41 Å². The summed E-state index contributed by atoms with van der Waals surface area (Å²) in [6.07, 6.45) is 5.41. The fourth-order valence-electron chi connectivity index (χ4n) is 3.11.